The molecule has 1 atom stereocenters. The number of likely N-dealkylation sites (N-methyl/N-ethyl adjacent to an activating group) is 1. The van der Waals surface area contributed by atoms with Crippen LogP contribution in [0.25, 0.3) is 0 Å². The number of terminal acetylenes is 1. The molecular weight excluding hydrogens is 346 g/mol. The SMILES string of the molecule is C#C/C(C)=C/OCNc1cccc(C=O)c1CN(C)C1CCC(=O)NC1=O. The van der Waals surface area contributed by atoms with E-state index in [4.69, 9.17) is 11.2 Å². The van der Waals surface area contributed by atoms with Crippen molar-refractivity contribution in [2.75, 3.05) is 19.1 Å². The number of imide groups is 1. The topological polar surface area (TPSA) is 87.7 Å². The summed E-state index contributed by atoms with van der Waals surface area (Å²) in [4.78, 5) is 36.7. The number of aldehydes is 1. The Kier molecular flexibility index (Phi) is 7.15. The molecule has 0 aromatic heterocycles. The first-order valence-electron chi connectivity index (χ1n) is 8.56. The molecule has 7 heteroatoms. The van der Waals surface area contributed by atoms with Gasteiger partial charge in [-0.05, 0) is 32.0 Å². The van der Waals surface area contributed by atoms with Crippen LogP contribution in [0.2, 0.25) is 0 Å². The highest BCUT2D eigenvalue weighted by molar-refractivity contribution is 6.00. The first-order chi connectivity index (χ1) is 13.0. The first kappa shape index (κ1) is 20.2. The molecule has 142 valence electrons. The van der Waals surface area contributed by atoms with Gasteiger partial charge in [0.05, 0.1) is 12.3 Å². The van der Waals surface area contributed by atoms with Crippen molar-refractivity contribution in [1.82, 2.24) is 10.2 Å². The fourth-order valence-electron chi connectivity index (χ4n) is 2.84. The van der Waals surface area contributed by atoms with Gasteiger partial charge < -0.3 is 10.1 Å². The molecular formula is C20H23N3O4. The molecule has 0 bridgehead atoms. The second-order valence-corrected chi connectivity index (χ2v) is 6.31. The van der Waals surface area contributed by atoms with Gasteiger partial charge >= 0.3 is 0 Å². The number of carbonyl (C=O) groups excluding carboxylic acids is 3. The Hall–Kier alpha value is -3.11. The third kappa shape index (κ3) is 5.43. The van der Waals surface area contributed by atoms with Crippen molar-refractivity contribution in [3.63, 3.8) is 0 Å². The summed E-state index contributed by atoms with van der Waals surface area (Å²) in [6.45, 7) is 2.30. The number of ether oxygens (including phenoxy) is 1. The van der Waals surface area contributed by atoms with Crippen LogP contribution in [0, 0.1) is 12.3 Å². The van der Waals surface area contributed by atoms with E-state index < -0.39 is 6.04 Å². The number of hydrogen-bond acceptors (Lipinski definition) is 6. The number of benzene rings is 1. The molecule has 2 amide bonds. The predicted molar refractivity (Wildman–Crippen MR) is 102 cm³/mol. The van der Waals surface area contributed by atoms with Crippen LogP contribution >= 0.6 is 0 Å². The molecule has 7 nitrogen and oxygen atoms in total. The van der Waals surface area contributed by atoms with E-state index in [1.165, 1.54) is 6.26 Å². The molecule has 0 saturated carbocycles. The van der Waals surface area contributed by atoms with Crippen molar-refractivity contribution in [2.45, 2.75) is 32.4 Å². The Bertz CT molecular complexity index is 795. The minimum absolute atomic E-state index is 0.177. The molecule has 27 heavy (non-hydrogen) atoms. The lowest BCUT2D eigenvalue weighted by Gasteiger charge is -2.30. The number of anilines is 1. The second kappa shape index (κ2) is 9.55. The highest BCUT2D eigenvalue weighted by Gasteiger charge is 2.30. The van der Waals surface area contributed by atoms with Crippen LogP contribution in [-0.4, -0.2) is 42.8 Å². The molecule has 2 rings (SSSR count). The van der Waals surface area contributed by atoms with Gasteiger partial charge in [-0.15, -0.1) is 6.42 Å². The Morgan fingerprint density at radius 1 is 1.48 bits per heavy atom. The van der Waals surface area contributed by atoms with Gasteiger partial charge in [-0.2, -0.15) is 0 Å². The van der Waals surface area contributed by atoms with Crippen LogP contribution in [0.3, 0.4) is 0 Å². The fraction of sp³-hybridized carbons (Fsp3) is 0.350. The summed E-state index contributed by atoms with van der Waals surface area (Å²) in [5.74, 6) is 1.89. The van der Waals surface area contributed by atoms with Gasteiger partial charge in [0.1, 0.15) is 6.29 Å². The van der Waals surface area contributed by atoms with E-state index in [0.29, 0.717) is 30.5 Å². The summed E-state index contributed by atoms with van der Waals surface area (Å²) in [5, 5.41) is 5.47. The van der Waals surface area contributed by atoms with Crippen LogP contribution in [0.1, 0.15) is 35.7 Å². The standard InChI is InChI=1S/C20H23N3O4/c1-4-14(2)12-27-13-21-17-7-5-6-15(11-24)16(17)10-23(3)18-8-9-19(25)22-20(18)26/h1,5-7,11-12,18,21H,8-10,13H2,2-3H3,(H,22,25,26)/b14-12+. The van der Waals surface area contributed by atoms with Gasteiger partial charge in [-0.1, -0.05) is 18.1 Å². The minimum Gasteiger partial charge on any atom is -0.480 e. The molecule has 1 heterocycles. The summed E-state index contributed by atoms with van der Waals surface area (Å²) in [7, 11) is 1.79. The van der Waals surface area contributed by atoms with Crippen molar-refractivity contribution in [3.8, 4) is 12.3 Å². The Balaban J connectivity index is 2.12. The molecule has 1 saturated heterocycles. The van der Waals surface area contributed by atoms with E-state index in [2.05, 4.69) is 16.6 Å². The van der Waals surface area contributed by atoms with Crippen LogP contribution in [-0.2, 0) is 20.9 Å². The number of hydrogen-bond donors (Lipinski definition) is 2. The Morgan fingerprint density at radius 2 is 2.26 bits per heavy atom. The zero-order valence-electron chi connectivity index (χ0n) is 15.5. The monoisotopic (exact) mass is 369 g/mol. The van der Waals surface area contributed by atoms with Gasteiger partial charge in [0.25, 0.3) is 0 Å². The molecule has 1 aromatic rings. The van der Waals surface area contributed by atoms with Gasteiger partial charge in [0, 0.05) is 29.8 Å². The summed E-state index contributed by atoms with van der Waals surface area (Å²) < 4.78 is 5.35. The van der Waals surface area contributed by atoms with Crippen molar-refractivity contribution >= 4 is 23.8 Å². The highest BCUT2D eigenvalue weighted by atomic mass is 16.5. The lowest BCUT2D eigenvalue weighted by molar-refractivity contribution is -0.137. The van der Waals surface area contributed by atoms with Gasteiger partial charge in [-0.3, -0.25) is 24.6 Å². The number of carbonyl (C=O) groups is 3. The van der Waals surface area contributed by atoms with E-state index >= 15 is 0 Å². The number of nitrogens with one attached hydrogen (secondary N) is 2. The summed E-state index contributed by atoms with van der Waals surface area (Å²) in [6, 6.07) is 4.90. The summed E-state index contributed by atoms with van der Waals surface area (Å²) >= 11 is 0. The van der Waals surface area contributed by atoms with Crippen LogP contribution < -0.4 is 10.6 Å². The maximum absolute atomic E-state index is 12.1. The molecule has 0 spiro atoms. The predicted octanol–water partition coefficient (Wildman–Crippen LogP) is 1.66. The number of piperidine rings is 1. The van der Waals surface area contributed by atoms with E-state index in [-0.39, 0.29) is 18.5 Å². The largest absolute Gasteiger partial charge is 0.480 e. The summed E-state index contributed by atoms with van der Waals surface area (Å²) in [6.07, 6.45) is 8.27. The molecule has 1 unspecified atom stereocenters. The average Bonchev–Trinajstić information content (AvgIpc) is 2.65. The number of rotatable bonds is 8. The smallest absolute Gasteiger partial charge is 0.243 e. The van der Waals surface area contributed by atoms with Crippen LogP contribution in [0.5, 0.6) is 0 Å². The molecule has 1 fully saturated rings. The average molecular weight is 369 g/mol. The van der Waals surface area contributed by atoms with Crippen LogP contribution in [0.4, 0.5) is 5.69 Å². The third-order valence-electron chi connectivity index (χ3n) is 4.32. The van der Waals surface area contributed by atoms with Crippen molar-refractivity contribution < 1.29 is 19.1 Å². The van der Waals surface area contributed by atoms with Crippen molar-refractivity contribution in [3.05, 3.63) is 41.2 Å². The van der Waals surface area contributed by atoms with E-state index in [9.17, 15) is 14.4 Å². The summed E-state index contributed by atoms with van der Waals surface area (Å²) in [5.41, 5.74) is 2.66. The second-order valence-electron chi connectivity index (χ2n) is 6.31. The number of amides is 2. The maximum atomic E-state index is 12.1. The quantitative estimate of drug-likeness (QED) is 0.181. The van der Waals surface area contributed by atoms with Gasteiger partial charge in [0.2, 0.25) is 11.8 Å². The zero-order valence-corrected chi connectivity index (χ0v) is 15.5. The Morgan fingerprint density at radius 3 is 2.93 bits per heavy atom. The fourth-order valence-corrected chi connectivity index (χ4v) is 2.84. The first-order valence-corrected chi connectivity index (χ1v) is 8.56. The van der Waals surface area contributed by atoms with Crippen molar-refractivity contribution in [1.29, 1.82) is 0 Å². The van der Waals surface area contributed by atoms with E-state index in [0.717, 1.165) is 17.5 Å². The number of nitrogens with zero attached hydrogens (tertiary/aromatic N) is 1. The maximum Gasteiger partial charge on any atom is 0.243 e. The van der Waals surface area contributed by atoms with Crippen molar-refractivity contribution in [2.24, 2.45) is 0 Å². The zero-order chi connectivity index (χ0) is 19.8. The molecule has 0 aliphatic carbocycles. The van der Waals surface area contributed by atoms with Gasteiger partial charge in [-0.25, -0.2) is 0 Å². The third-order valence-corrected chi connectivity index (χ3v) is 4.32. The van der Waals surface area contributed by atoms with Crippen LogP contribution in [0.15, 0.2) is 30.0 Å². The molecule has 1 aliphatic heterocycles. The Labute approximate surface area is 158 Å². The molecule has 0 radical (unpaired) electrons. The highest BCUT2D eigenvalue weighted by Crippen LogP contribution is 2.23. The van der Waals surface area contributed by atoms with Gasteiger partial charge in [0.15, 0.2) is 6.73 Å². The lowest BCUT2D eigenvalue weighted by Crippen LogP contribution is -2.51. The normalized spacial score (nSPS) is 17.3. The van der Waals surface area contributed by atoms with E-state index in [1.807, 2.05) is 11.0 Å². The molecule has 1 aromatic carbocycles. The lowest BCUT2D eigenvalue weighted by atomic mass is 10.0. The molecule has 1 aliphatic rings. The number of allylic oxidation sites excluding steroid dienone is 1. The van der Waals surface area contributed by atoms with E-state index in [1.54, 1.807) is 26.1 Å². The minimum atomic E-state index is -0.423. The molecule has 2 N–H and O–H groups in total.